The van der Waals surface area contributed by atoms with Gasteiger partial charge in [0.15, 0.2) is 0 Å². The second-order valence-corrected chi connectivity index (χ2v) is 6.15. The van der Waals surface area contributed by atoms with Crippen LogP contribution in [-0.2, 0) is 11.2 Å². The number of anilines is 1. The van der Waals surface area contributed by atoms with E-state index in [-0.39, 0.29) is 11.9 Å². The van der Waals surface area contributed by atoms with E-state index in [0.29, 0.717) is 0 Å². The van der Waals surface area contributed by atoms with Crippen molar-refractivity contribution < 1.29 is 4.79 Å². The van der Waals surface area contributed by atoms with Crippen molar-refractivity contribution in [3.8, 4) is 0 Å². The van der Waals surface area contributed by atoms with Crippen LogP contribution >= 0.6 is 11.3 Å². The largest absolute Gasteiger partial charge is 0.326 e. The van der Waals surface area contributed by atoms with E-state index < -0.39 is 0 Å². The van der Waals surface area contributed by atoms with Crippen LogP contribution in [0, 0.1) is 6.92 Å². The number of carbonyl (C=O) groups is 1. The van der Waals surface area contributed by atoms with Gasteiger partial charge in [-0.15, -0.1) is 11.3 Å². The molecule has 5 heteroatoms. The molecule has 0 bridgehead atoms. The maximum absolute atomic E-state index is 11.1. The molecule has 2 rings (SSSR count). The van der Waals surface area contributed by atoms with Gasteiger partial charge in [-0.1, -0.05) is 12.1 Å². The van der Waals surface area contributed by atoms with Gasteiger partial charge in [-0.25, -0.2) is 4.98 Å². The molecular weight excluding hydrogens is 282 g/mol. The minimum absolute atomic E-state index is 0.0494. The van der Waals surface area contributed by atoms with Crippen molar-refractivity contribution in [2.24, 2.45) is 0 Å². The van der Waals surface area contributed by atoms with Gasteiger partial charge in [0.1, 0.15) is 0 Å². The summed E-state index contributed by atoms with van der Waals surface area (Å²) in [6.45, 7) is 6.55. The van der Waals surface area contributed by atoms with E-state index in [0.717, 1.165) is 34.9 Å². The molecule has 1 unspecified atom stereocenters. The number of hydrogen-bond acceptors (Lipinski definition) is 4. The molecule has 0 saturated carbocycles. The molecule has 0 saturated heterocycles. The first kappa shape index (κ1) is 15.7. The third-order valence-corrected chi connectivity index (χ3v) is 4.03. The molecule has 0 fully saturated rings. The Bertz CT molecular complexity index is 609. The van der Waals surface area contributed by atoms with Gasteiger partial charge in [-0.3, -0.25) is 4.79 Å². The zero-order valence-electron chi connectivity index (χ0n) is 12.6. The normalized spacial score (nSPS) is 12.1. The number of thiazole rings is 1. The first-order chi connectivity index (χ1) is 10.0. The monoisotopic (exact) mass is 303 g/mol. The fourth-order valence-electron chi connectivity index (χ4n) is 2.15. The fourth-order valence-corrected chi connectivity index (χ4v) is 2.79. The number of nitrogens with zero attached hydrogens (tertiary/aromatic N) is 1. The quantitative estimate of drug-likeness (QED) is 0.861. The van der Waals surface area contributed by atoms with Crippen LogP contribution in [0.1, 0.15) is 36.2 Å². The Labute approximate surface area is 129 Å². The minimum Gasteiger partial charge on any atom is -0.326 e. The van der Waals surface area contributed by atoms with E-state index >= 15 is 0 Å². The molecule has 0 aliphatic carbocycles. The van der Waals surface area contributed by atoms with Gasteiger partial charge in [-0.2, -0.15) is 0 Å². The molecule has 1 aromatic heterocycles. The van der Waals surface area contributed by atoms with Gasteiger partial charge in [0, 0.05) is 37.0 Å². The number of rotatable bonds is 6. The number of amides is 1. The van der Waals surface area contributed by atoms with Crippen LogP contribution in [0.3, 0.4) is 0 Å². The second kappa shape index (κ2) is 7.33. The summed E-state index contributed by atoms with van der Waals surface area (Å²) in [5.41, 5.74) is 3.14. The molecule has 112 valence electrons. The Morgan fingerprint density at radius 2 is 2.24 bits per heavy atom. The number of nitrogens with one attached hydrogen (secondary N) is 2. The van der Waals surface area contributed by atoms with Crippen LogP contribution in [0.2, 0.25) is 0 Å². The summed E-state index contributed by atoms with van der Waals surface area (Å²) in [6.07, 6.45) is 0.931. The topological polar surface area (TPSA) is 54.0 Å². The second-order valence-electron chi connectivity index (χ2n) is 5.09. The summed E-state index contributed by atoms with van der Waals surface area (Å²) in [7, 11) is 0. The number of carbonyl (C=O) groups excluding carboxylic acids is 1. The average molecular weight is 303 g/mol. The molecule has 1 heterocycles. The van der Waals surface area contributed by atoms with Crippen LogP contribution in [0.15, 0.2) is 29.6 Å². The maximum Gasteiger partial charge on any atom is 0.221 e. The third-order valence-electron chi connectivity index (χ3n) is 3.21. The molecule has 0 spiro atoms. The molecule has 1 aromatic carbocycles. The molecule has 0 radical (unpaired) electrons. The van der Waals surface area contributed by atoms with Gasteiger partial charge in [-0.05, 0) is 31.5 Å². The van der Waals surface area contributed by atoms with Crippen molar-refractivity contribution in [2.75, 3.05) is 11.9 Å². The first-order valence-electron chi connectivity index (χ1n) is 7.06. The van der Waals surface area contributed by atoms with Crippen LogP contribution in [0.5, 0.6) is 0 Å². The molecule has 2 N–H and O–H groups in total. The van der Waals surface area contributed by atoms with Gasteiger partial charge in [0.25, 0.3) is 0 Å². The minimum atomic E-state index is -0.0494. The summed E-state index contributed by atoms with van der Waals surface area (Å²) < 4.78 is 0. The van der Waals surface area contributed by atoms with Gasteiger partial charge < -0.3 is 10.6 Å². The highest BCUT2D eigenvalue weighted by atomic mass is 32.1. The molecule has 2 aromatic rings. The standard InChI is InChI=1S/C16H21N3OS/c1-11(17-8-7-16-10-21-13(3)19-16)14-5-4-6-15(9-14)18-12(2)20/h4-6,9-11,17H,7-8H2,1-3H3,(H,18,20). The van der Waals surface area contributed by atoms with Crippen molar-refractivity contribution >= 4 is 22.9 Å². The highest BCUT2D eigenvalue weighted by Crippen LogP contribution is 2.17. The highest BCUT2D eigenvalue weighted by Gasteiger charge is 2.06. The van der Waals surface area contributed by atoms with E-state index in [1.165, 1.54) is 6.92 Å². The zero-order valence-corrected chi connectivity index (χ0v) is 13.5. The summed E-state index contributed by atoms with van der Waals surface area (Å²) in [5, 5.41) is 9.52. The first-order valence-corrected chi connectivity index (χ1v) is 7.94. The average Bonchev–Trinajstić information content (AvgIpc) is 2.84. The van der Waals surface area contributed by atoms with Crippen molar-refractivity contribution in [1.82, 2.24) is 10.3 Å². The molecule has 0 aliphatic rings. The Hall–Kier alpha value is -1.72. The number of aromatic nitrogens is 1. The van der Waals surface area contributed by atoms with Crippen molar-refractivity contribution in [1.29, 1.82) is 0 Å². The van der Waals surface area contributed by atoms with Gasteiger partial charge in [0.2, 0.25) is 5.91 Å². The van der Waals surface area contributed by atoms with E-state index in [9.17, 15) is 4.79 Å². The van der Waals surface area contributed by atoms with E-state index in [1.54, 1.807) is 11.3 Å². The molecule has 4 nitrogen and oxygen atoms in total. The lowest BCUT2D eigenvalue weighted by molar-refractivity contribution is -0.114. The van der Waals surface area contributed by atoms with Crippen molar-refractivity contribution in [3.63, 3.8) is 0 Å². The Kier molecular flexibility index (Phi) is 5.47. The van der Waals surface area contributed by atoms with Gasteiger partial charge in [0.05, 0.1) is 10.7 Å². The predicted octanol–water partition coefficient (Wildman–Crippen LogP) is 3.30. The third kappa shape index (κ3) is 4.95. The molecule has 1 amide bonds. The van der Waals surface area contributed by atoms with Crippen molar-refractivity contribution in [2.45, 2.75) is 33.2 Å². The molecular formula is C16H21N3OS. The summed E-state index contributed by atoms with van der Waals surface area (Å²) in [6, 6.07) is 8.17. The van der Waals surface area contributed by atoms with Crippen LogP contribution in [0.25, 0.3) is 0 Å². The lowest BCUT2D eigenvalue weighted by atomic mass is 10.1. The van der Waals surface area contributed by atoms with Crippen LogP contribution in [-0.4, -0.2) is 17.4 Å². The van der Waals surface area contributed by atoms with E-state index in [2.05, 4.69) is 34.0 Å². The SMILES string of the molecule is CC(=O)Nc1cccc(C(C)NCCc2csc(C)n2)c1. The Morgan fingerprint density at radius 3 is 2.90 bits per heavy atom. The Balaban J connectivity index is 1.87. The zero-order chi connectivity index (χ0) is 15.2. The summed E-state index contributed by atoms with van der Waals surface area (Å²) in [4.78, 5) is 15.6. The lowest BCUT2D eigenvalue weighted by Crippen LogP contribution is -2.21. The lowest BCUT2D eigenvalue weighted by Gasteiger charge is -2.15. The highest BCUT2D eigenvalue weighted by molar-refractivity contribution is 7.09. The van der Waals surface area contributed by atoms with E-state index in [1.807, 2.05) is 25.1 Å². The maximum atomic E-state index is 11.1. The van der Waals surface area contributed by atoms with Crippen LogP contribution in [0.4, 0.5) is 5.69 Å². The predicted molar refractivity (Wildman–Crippen MR) is 87.7 cm³/mol. The number of hydrogen-bond donors (Lipinski definition) is 2. The number of aryl methyl sites for hydroxylation is 1. The molecule has 0 aliphatic heterocycles. The van der Waals surface area contributed by atoms with Gasteiger partial charge >= 0.3 is 0 Å². The molecule has 21 heavy (non-hydrogen) atoms. The summed E-state index contributed by atoms with van der Waals surface area (Å²) in [5.74, 6) is -0.0494. The van der Waals surface area contributed by atoms with Crippen LogP contribution < -0.4 is 10.6 Å². The smallest absolute Gasteiger partial charge is 0.221 e. The van der Waals surface area contributed by atoms with E-state index in [4.69, 9.17) is 0 Å². The summed E-state index contributed by atoms with van der Waals surface area (Å²) >= 11 is 1.69. The van der Waals surface area contributed by atoms with Crippen molar-refractivity contribution in [3.05, 3.63) is 45.9 Å². The molecule has 1 atom stereocenters. The fraction of sp³-hybridized carbons (Fsp3) is 0.375. The Morgan fingerprint density at radius 1 is 1.43 bits per heavy atom. The number of benzene rings is 1.